The molecule has 0 spiro atoms. The Bertz CT molecular complexity index is 553. The molecule has 0 saturated carbocycles. The maximum absolute atomic E-state index is 13.2. The van der Waals surface area contributed by atoms with Gasteiger partial charge in [-0.2, -0.15) is 0 Å². The topological polar surface area (TPSA) is 38.0 Å². The van der Waals surface area contributed by atoms with Crippen molar-refractivity contribution < 1.29 is 4.39 Å². The largest absolute Gasteiger partial charge is 0.271 e. The summed E-state index contributed by atoms with van der Waals surface area (Å²) in [5, 5.41) is 0.971. The summed E-state index contributed by atoms with van der Waals surface area (Å²) in [4.78, 5) is 1.20. The van der Waals surface area contributed by atoms with Crippen molar-refractivity contribution in [1.29, 1.82) is 0 Å². The molecule has 0 fully saturated rings. The Balaban J connectivity index is 1.90. The number of nitrogens with two attached hydrogens (primary N) is 1. The average molecular weight is 308 g/mol. The highest BCUT2D eigenvalue weighted by molar-refractivity contribution is 7.19. The van der Waals surface area contributed by atoms with Gasteiger partial charge in [-0.25, -0.2) is 4.39 Å². The maximum atomic E-state index is 13.2. The van der Waals surface area contributed by atoms with Crippen molar-refractivity contribution in [2.24, 2.45) is 5.84 Å². The van der Waals surface area contributed by atoms with E-state index in [-0.39, 0.29) is 11.9 Å². The van der Waals surface area contributed by atoms with Crippen LogP contribution in [0.3, 0.4) is 0 Å². The van der Waals surface area contributed by atoms with Gasteiger partial charge in [-0.3, -0.25) is 11.3 Å². The molecule has 1 aromatic heterocycles. The molecule has 116 valence electrons. The van der Waals surface area contributed by atoms with E-state index >= 15 is 0 Å². The molecule has 1 atom stereocenters. The maximum Gasteiger partial charge on any atom is 0.123 e. The van der Waals surface area contributed by atoms with Crippen LogP contribution in [0.25, 0.3) is 10.1 Å². The Labute approximate surface area is 130 Å². The molecule has 0 amide bonds. The van der Waals surface area contributed by atoms with Crippen molar-refractivity contribution in [3.05, 3.63) is 35.0 Å². The number of thiophene rings is 1. The highest BCUT2D eigenvalue weighted by atomic mass is 32.1. The van der Waals surface area contributed by atoms with Crippen molar-refractivity contribution in [2.45, 2.75) is 57.9 Å². The minimum atomic E-state index is -0.181. The summed E-state index contributed by atoms with van der Waals surface area (Å²) < 4.78 is 14.4. The third kappa shape index (κ3) is 4.77. The van der Waals surface area contributed by atoms with E-state index in [0.717, 1.165) is 16.5 Å². The van der Waals surface area contributed by atoms with Crippen molar-refractivity contribution >= 4 is 21.4 Å². The first-order chi connectivity index (χ1) is 10.2. The molecule has 21 heavy (non-hydrogen) atoms. The number of unbranched alkanes of at least 4 members (excludes halogenated alkanes) is 5. The fourth-order valence-electron chi connectivity index (χ4n) is 2.64. The molecule has 0 radical (unpaired) electrons. The fourth-order valence-corrected chi connectivity index (χ4v) is 3.78. The van der Waals surface area contributed by atoms with Crippen LogP contribution in [-0.2, 0) is 0 Å². The normalized spacial score (nSPS) is 12.9. The van der Waals surface area contributed by atoms with Gasteiger partial charge in [0.15, 0.2) is 0 Å². The van der Waals surface area contributed by atoms with Gasteiger partial charge in [0.1, 0.15) is 5.82 Å². The van der Waals surface area contributed by atoms with Crippen molar-refractivity contribution in [1.82, 2.24) is 5.43 Å². The van der Waals surface area contributed by atoms with Gasteiger partial charge >= 0.3 is 0 Å². The van der Waals surface area contributed by atoms with Crippen LogP contribution in [0.2, 0.25) is 0 Å². The van der Waals surface area contributed by atoms with Crippen LogP contribution >= 0.6 is 11.3 Å². The summed E-state index contributed by atoms with van der Waals surface area (Å²) in [7, 11) is 0. The lowest BCUT2D eigenvalue weighted by Gasteiger charge is -2.13. The minimum Gasteiger partial charge on any atom is -0.271 e. The van der Waals surface area contributed by atoms with E-state index in [2.05, 4.69) is 18.4 Å². The molecule has 1 aromatic carbocycles. The number of benzene rings is 1. The Hall–Kier alpha value is -0.970. The van der Waals surface area contributed by atoms with E-state index < -0.39 is 0 Å². The number of fused-ring (bicyclic) bond motifs is 1. The first-order valence-electron chi connectivity index (χ1n) is 7.89. The van der Waals surface area contributed by atoms with Gasteiger partial charge < -0.3 is 0 Å². The number of hydrogen-bond donors (Lipinski definition) is 2. The SMILES string of the molecule is CCCCCCCCC(NN)c1cc2cc(F)ccc2s1. The molecule has 2 aromatic rings. The Morgan fingerprint density at radius 2 is 1.90 bits per heavy atom. The third-order valence-corrected chi connectivity index (χ3v) is 5.12. The first kappa shape index (κ1) is 16.4. The lowest BCUT2D eigenvalue weighted by Crippen LogP contribution is -2.27. The van der Waals surface area contributed by atoms with E-state index in [9.17, 15) is 4.39 Å². The highest BCUT2D eigenvalue weighted by Crippen LogP contribution is 2.32. The molecule has 4 heteroatoms. The summed E-state index contributed by atoms with van der Waals surface area (Å²) >= 11 is 1.70. The minimum absolute atomic E-state index is 0.177. The lowest BCUT2D eigenvalue weighted by molar-refractivity contribution is 0.482. The molecule has 0 aliphatic carbocycles. The smallest absolute Gasteiger partial charge is 0.123 e. The summed E-state index contributed by atoms with van der Waals surface area (Å²) in [6, 6.07) is 7.19. The number of rotatable bonds is 9. The summed E-state index contributed by atoms with van der Waals surface area (Å²) in [5.74, 6) is 5.52. The van der Waals surface area contributed by atoms with E-state index in [1.54, 1.807) is 17.4 Å². The van der Waals surface area contributed by atoms with Crippen LogP contribution in [0.5, 0.6) is 0 Å². The van der Waals surface area contributed by atoms with E-state index in [1.807, 2.05) is 6.07 Å². The predicted molar refractivity (Wildman–Crippen MR) is 89.8 cm³/mol. The number of nitrogens with one attached hydrogen (secondary N) is 1. The molecular formula is C17H25FN2S. The molecule has 3 N–H and O–H groups in total. The molecule has 0 aliphatic heterocycles. The van der Waals surface area contributed by atoms with Crippen LogP contribution in [0.15, 0.2) is 24.3 Å². The van der Waals surface area contributed by atoms with Crippen LogP contribution in [0.1, 0.15) is 62.8 Å². The van der Waals surface area contributed by atoms with Gasteiger partial charge in [-0.1, -0.05) is 45.4 Å². The van der Waals surface area contributed by atoms with Gasteiger partial charge in [0, 0.05) is 9.58 Å². The molecule has 0 aliphatic rings. The zero-order valence-corrected chi connectivity index (χ0v) is 13.5. The second-order valence-electron chi connectivity index (χ2n) is 5.61. The average Bonchev–Trinajstić information content (AvgIpc) is 2.89. The van der Waals surface area contributed by atoms with Crippen LogP contribution in [0.4, 0.5) is 4.39 Å². The second-order valence-corrected chi connectivity index (χ2v) is 6.72. The number of halogens is 1. The van der Waals surface area contributed by atoms with E-state index in [0.29, 0.717) is 0 Å². The van der Waals surface area contributed by atoms with Crippen LogP contribution in [-0.4, -0.2) is 0 Å². The monoisotopic (exact) mass is 308 g/mol. The third-order valence-electron chi connectivity index (χ3n) is 3.89. The summed E-state index contributed by atoms with van der Waals surface area (Å²) in [5.41, 5.74) is 2.91. The second kappa shape index (κ2) is 8.47. The fraction of sp³-hybridized carbons (Fsp3) is 0.529. The Morgan fingerprint density at radius 1 is 1.14 bits per heavy atom. The van der Waals surface area contributed by atoms with Gasteiger partial charge in [-0.05, 0) is 36.1 Å². The predicted octanol–water partition coefficient (Wildman–Crippen LogP) is 5.30. The van der Waals surface area contributed by atoms with Gasteiger partial charge in [0.2, 0.25) is 0 Å². The van der Waals surface area contributed by atoms with Crippen LogP contribution < -0.4 is 11.3 Å². The molecule has 0 saturated heterocycles. The number of hydrazine groups is 1. The Kier molecular flexibility index (Phi) is 6.61. The quantitative estimate of drug-likeness (QED) is 0.375. The van der Waals surface area contributed by atoms with Crippen LogP contribution in [0, 0.1) is 5.82 Å². The van der Waals surface area contributed by atoms with Crippen molar-refractivity contribution in [2.75, 3.05) is 0 Å². The first-order valence-corrected chi connectivity index (χ1v) is 8.71. The highest BCUT2D eigenvalue weighted by Gasteiger charge is 2.13. The summed E-state index contributed by atoms with van der Waals surface area (Å²) in [6.45, 7) is 2.23. The molecule has 1 unspecified atom stereocenters. The van der Waals surface area contributed by atoms with E-state index in [1.165, 1.54) is 49.5 Å². The molecule has 0 bridgehead atoms. The van der Waals surface area contributed by atoms with Crippen molar-refractivity contribution in [3.8, 4) is 0 Å². The molecule has 1 heterocycles. The van der Waals surface area contributed by atoms with Gasteiger partial charge in [0.05, 0.1) is 6.04 Å². The Morgan fingerprint density at radius 3 is 2.67 bits per heavy atom. The molecular weight excluding hydrogens is 283 g/mol. The molecule has 2 rings (SSSR count). The summed E-state index contributed by atoms with van der Waals surface area (Å²) in [6.07, 6.45) is 8.74. The van der Waals surface area contributed by atoms with E-state index in [4.69, 9.17) is 5.84 Å². The number of hydrogen-bond acceptors (Lipinski definition) is 3. The van der Waals surface area contributed by atoms with Gasteiger partial charge in [0.25, 0.3) is 0 Å². The molecule has 2 nitrogen and oxygen atoms in total. The van der Waals surface area contributed by atoms with Crippen molar-refractivity contribution in [3.63, 3.8) is 0 Å². The standard InChI is InChI=1S/C17H25FN2S/c1-2-3-4-5-6-7-8-15(20-19)17-12-13-11-14(18)9-10-16(13)21-17/h9-12,15,20H,2-8,19H2,1H3. The zero-order chi connectivity index (χ0) is 15.1. The lowest BCUT2D eigenvalue weighted by atomic mass is 10.0. The van der Waals surface area contributed by atoms with Gasteiger partial charge in [-0.15, -0.1) is 11.3 Å². The zero-order valence-electron chi connectivity index (χ0n) is 12.7.